The van der Waals surface area contributed by atoms with Crippen molar-refractivity contribution in [2.75, 3.05) is 5.32 Å². The van der Waals surface area contributed by atoms with Crippen molar-refractivity contribution >= 4 is 43.9 Å². The standard InChI is InChI=1S/C22H14N4OS/c27-21(25-16-10-9-14-5-1-2-6-15(14)13-16)19-20(24-12-11-23-19)22-26-17-7-3-4-8-18(17)28-22/h1-13H,(H,25,27). The third-order valence-corrected chi connectivity index (χ3v) is 5.46. The molecular formula is C22H14N4OS. The predicted octanol–water partition coefficient (Wildman–Crippen LogP) is 5.16. The van der Waals surface area contributed by atoms with Crippen LogP contribution >= 0.6 is 11.3 Å². The summed E-state index contributed by atoms with van der Waals surface area (Å²) in [5, 5.41) is 5.79. The van der Waals surface area contributed by atoms with Gasteiger partial charge in [0.05, 0.1) is 10.2 Å². The average molecular weight is 382 g/mol. The van der Waals surface area contributed by atoms with Crippen LogP contribution < -0.4 is 5.32 Å². The van der Waals surface area contributed by atoms with Crippen LogP contribution in [0.4, 0.5) is 5.69 Å². The van der Waals surface area contributed by atoms with Crippen LogP contribution in [-0.2, 0) is 0 Å². The van der Waals surface area contributed by atoms with Gasteiger partial charge in [-0.1, -0.05) is 42.5 Å². The van der Waals surface area contributed by atoms with Gasteiger partial charge in [0, 0.05) is 18.1 Å². The zero-order valence-corrected chi connectivity index (χ0v) is 15.5. The first kappa shape index (κ1) is 16.5. The van der Waals surface area contributed by atoms with E-state index >= 15 is 0 Å². The maximum absolute atomic E-state index is 12.9. The zero-order valence-electron chi connectivity index (χ0n) is 14.7. The minimum Gasteiger partial charge on any atom is -0.321 e. The monoisotopic (exact) mass is 382 g/mol. The lowest BCUT2D eigenvalue weighted by Gasteiger charge is -2.08. The molecule has 0 spiro atoms. The van der Waals surface area contributed by atoms with Gasteiger partial charge in [-0.3, -0.25) is 4.79 Å². The molecule has 0 saturated carbocycles. The summed E-state index contributed by atoms with van der Waals surface area (Å²) in [6.07, 6.45) is 3.10. The lowest BCUT2D eigenvalue weighted by Crippen LogP contribution is -2.15. The van der Waals surface area contributed by atoms with E-state index in [0.29, 0.717) is 16.4 Å². The van der Waals surface area contributed by atoms with Crippen molar-refractivity contribution in [3.05, 3.63) is 84.8 Å². The summed E-state index contributed by atoms with van der Waals surface area (Å²) >= 11 is 1.50. The molecule has 0 saturated heterocycles. The Morgan fingerprint density at radius 3 is 2.54 bits per heavy atom. The number of rotatable bonds is 3. The van der Waals surface area contributed by atoms with Gasteiger partial charge in [0.15, 0.2) is 5.69 Å². The number of hydrogen-bond acceptors (Lipinski definition) is 5. The van der Waals surface area contributed by atoms with Crippen LogP contribution in [0.2, 0.25) is 0 Å². The molecule has 0 aliphatic heterocycles. The molecule has 5 nitrogen and oxygen atoms in total. The summed E-state index contributed by atoms with van der Waals surface area (Å²) in [5.74, 6) is -0.308. The highest BCUT2D eigenvalue weighted by Gasteiger charge is 2.19. The van der Waals surface area contributed by atoms with E-state index in [2.05, 4.69) is 20.3 Å². The molecule has 0 radical (unpaired) electrons. The van der Waals surface area contributed by atoms with Crippen molar-refractivity contribution in [3.63, 3.8) is 0 Å². The highest BCUT2D eigenvalue weighted by molar-refractivity contribution is 7.21. The largest absolute Gasteiger partial charge is 0.321 e. The molecule has 28 heavy (non-hydrogen) atoms. The van der Waals surface area contributed by atoms with Crippen molar-refractivity contribution in [1.82, 2.24) is 15.0 Å². The van der Waals surface area contributed by atoms with E-state index < -0.39 is 0 Å². The Balaban J connectivity index is 1.51. The molecule has 0 atom stereocenters. The number of nitrogens with zero attached hydrogens (tertiary/aromatic N) is 3. The number of thiazole rings is 1. The Morgan fingerprint density at radius 1 is 0.857 bits per heavy atom. The van der Waals surface area contributed by atoms with E-state index in [0.717, 1.165) is 21.0 Å². The summed E-state index contributed by atoms with van der Waals surface area (Å²) in [6, 6.07) is 21.7. The van der Waals surface area contributed by atoms with Crippen LogP contribution in [0.5, 0.6) is 0 Å². The molecule has 5 aromatic rings. The van der Waals surface area contributed by atoms with Crippen molar-refractivity contribution in [2.24, 2.45) is 0 Å². The number of para-hydroxylation sites is 1. The normalized spacial score (nSPS) is 11.0. The van der Waals surface area contributed by atoms with Crippen LogP contribution in [0.15, 0.2) is 79.1 Å². The number of carbonyl (C=O) groups excluding carboxylic acids is 1. The molecule has 3 aromatic carbocycles. The molecule has 6 heteroatoms. The maximum Gasteiger partial charge on any atom is 0.276 e. The van der Waals surface area contributed by atoms with Crippen molar-refractivity contribution in [2.45, 2.75) is 0 Å². The number of hydrogen-bond donors (Lipinski definition) is 1. The molecule has 134 valence electrons. The van der Waals surface area contributed by atoms with Crippen LogP contribution in [0.3, 0.4) is 0 Å². The van der Waals surface area contributed by atoms with E-state index in [1.165, 1.54) is 17.5 Å². The second kappa shape index (κ2) is 6.83. The summed E-state index contributed by atoms with van der Waals surface area (Å²) in [4.78, 5) is 26.2. The third kappa shape index (κ3) is 3.00. The summed E-state index contributed by atoms with van der Waals surface area (Å²) < 4.78 is 1.05. The predicted molar refractivity (Wildman–Crippen MR) is 113 cm³/mol. The minimum absolute atomic E-state index is 0.259. The molecule has 0 aliphatic rings. The van der Waals surface area contributed by atoms with Crippen LogP contribution in [0.25, 0.3) is 31.7 Å². The van der Waals surface area contributed by atoms with Gasteiger partial charge in [-0.15, -0.1) is 11.3 Å². The van der Waals surface area contributed by atoms with E-state index in [1.807, 2.05) is 66.7 Å². The lowest BCUT2D eigenvalue weighted by atomic mass is 10.1. The summed E-state index contributed by atoms with van der Waals surface area (Å²) in [6.45, 7) is 0. The fourth-order valence-corrected chi connectivity index (χ4v) is 4.05. The van der Waals surface area contributed by atoms with Gasteiger partial charge < -0.3 is 5.32 Å². The Morgan fingerprint density at radius 2 is 1.64 bits per heavy atom. The quantitative estimate of drug-likeness (QED) is 0.468. The third-order valence-electron chi connectivity index (χ3n) is 4.42. The summed E-state index contributed by atoms with van der Waals surface area (Å²) in [7, 11) is 0. The van der Waals surface area contributed by atoms with Crippen molar-refractivity contribution in [1.29, 1.82) is 0 Å². The molecule has 2 heterocycles. The number of nitrogens with one attached hydrogen (secondary N) is 1. The molecule has 0 aliphatic carbocycles. The van der Waals surface area contributed by atoms with E-state index in [4.69, 9.17) is 0 Å². The lowest BCUT2D eigenvalue weighted by molar-refractivity contribution is 0.102. The SMILES string of the molecule is O=C(Nc1ccc2ccccc2c1)c1nccnc1-c1nc2ccccc2s1. The second-order valence-electron chi connectivity index (χ2n) is 6.26. The molecule has 0 bridgehead atoms. The fourth-order valence-electron chi connectivity index (χ4n) is 3.09. The molecule has 0 fully saturated rings. The topological polar surface area (TPSA) is 67.8 Å². The number of anilines is 1. The van der Waals surface area contributed by atoms with E-state index in [-0.39, 0.29) is 11.6 Å². The number of amides is 1. The van der Waals surface area contributed by atoms with Gasteiger partial charge in [-0.2, -0.15) is 0 Å². The van der Waals surface area contributed by atoms with Gasteiger partial charge in [0.25, 0.3) is 5.91 Å². The van der Waals surface area contributed by atoms with Gasteiger partial charge >= 0.3 is 0 Å². The first-order valence-corrected chi connectivity index (χ1v) is 9.57. The van der Waals surface area contributed by atoms with Gasteiger partial charge in [0.2, 0.25) is 0 Å². The van der Waals surface area contributed by atoms with Crippen LogP contribution in [0.1, 0.15) is 10.5 Å². The molecule has 1 N–H and O–H groups in total. The van der Waals surface area contributed by atoms with Crippen LogP contribution in [-0.4, -0.2) is 20.9 Å². The zero-order chi connectivity index (χ0) is 18.9. The Hall–Kier alpha value is -3.64. The average Bonchev–Trinajstić information content (AvgIpc) is 3.18. The smallest absolute Gasteiger partial charge is 0.276 e. The second-order valence-corrected chi connectivity index (χ2v) is 7.29. The number of fused-ring (bicyclic) bond motifs is 2. The Kier molecular flexibility index (Phi) is 4.03. The highest BCUT2D eigenvalue weighted by atomic mass is 32.1. The molecule has 5 rings (SSSR count). The van der Waals surface area contributed by atoms with Gasteiger partial charge in [-0.25, -0.2) is 15.0 Å². The van der Waals surface area contributed by atoms with Crippen molar-refractivity contribution < 1.29 is 4.79 Å². The number of aromatic nitrogens is 3. The Bertz CT molecular complexity index is 1300. The van der Waals surface area contributed by atoms with Gasteiger partial charge in [-0.05, 0) is 35.0 Å². The fraction of sp³-hybridized carbons (Fsp3) is 0. The summed E-state index contributed by atoms with van der Waals surface area (Å²) in [5.41, 5.74) is 2.34. The van der Waals surface area contributed by atoms with Crippen molar-refractivity contribution in [3.8, 4) is 10.7 Å². The van der Waals surface area contributed by atoms with E-state index in [1.54, 1.807) is 6.20 Å². The molecule has 2 aromatic heterocycles. The highest BCUT2D eigenvalue weighted by Crippen LogP contribution is 2.30. The van der Waals surface area contributed by atoms with Gasteiger partial charge in [0.1, 0.15) is 10.7 Å². The molecule has 1 amide bonds. The van der Waals surface area contributed by atoms with Crippen LogP contribution in [0, 0.1) is 0 Å². The molecule has 0 unspecified atom stereocenters. The number of carbonyl (C=O) groups is 1. The first-order valence-electron chi connectivity index (χ1n) is 8.75. The first-order chi connectivity index (χ1) is 13.8. The molecular weight excluding hydrogens is 368 g/mol. The minimum atomic E-state index is -0.308. The van der Waals surface area contributed by atoms with E-state index in [9.17, 15) is 4.79 Å². The maximum atomic E-state index is 12.9. The number of benzene rings is 3. The Labute approximate surface area is 164 Å².